The molecular formula is C25H25F3N4O4S2. The molecule has 0 bridgehead atoms. The van der Waals surface area contributed by atoms with E-state index in [1.54, 1.807) is 50.2 Å². The summed E-state index contributed by atoms with van der Waals surface area (Å²) in [4.78, 5) is 31.5. The molecule has 1 N–H and O–H groups in total. The maximum atomic E-state index is 13.2. The quantitative estimate of drug-likeness (QED) is 0.305. The smallest absolute Gasteiger partial charge is 0.338 e. The molecule has 8 nitrogen and oxygen atoms in total. The summed E-state index contributed by atoms with van der Waals surface area (Å²) < 4.78 is 68.0. The first kappa shape index (κ1) is 27.7. The lowest BCUT2D eigenvalue weighted by molar-refractivity contribution is -0.137. The molecule has 13 heteroatoms. The van der Waals surface area contributed by atoms with Crippen LogP contribution in [-0.2, 0) is 38.1 Å². The third-order valence-electron chi connectivity index (χ3n) is 6.44. The average Bonchev–Trinajstić information content (AvgIpc) is 3.43. The number of hydrogen-bond acceptors (Lipinski definition) is 8. The second-order valence-electron chi connectivity index (χ2n) is 9.44. The first-order chi connectivity index (χ1) is 17.8. The number of sulfonamides is 1. The van der Waals surface area contributed by atoms with E-state index >= 15 is 0 Å². The third-order valence-corrected chi connectivity index (χ3v) is 8.65. The fraction of sp³-hybridized carbons (Fsp3) is 0.320. The van der Waals surface area contributed by atoms with E-state index in [0.717, 1.165) is 22.8 Å². The number of carbonyl (C=O) groups is 2. The van der Waals surface area contributed by atoms with E-state index in [0.29, 0.717) is 11.1 Å². The fourth-order valence-electron chi connectivity index (χ4n) is 4.50. The Hall–Kier alpha value is -3.29. The SMILES string of the molecule is CC1(C)C(C(=O)C=O)N(c2cc(C(F)(F)F)cs2)CN1Cc1ccncc1NS(=O)(=O)Cc1ccccc1. The molecule has 0 aliphatic carbocycles. The first-order valence-electron chi connectivity index (χ1n) is 11.5. The summed E-state index contributed by atoms with van der Waals surface area (Å²) in [6, 6.07) is 10.2. The van der Waals surface area contributed by atoms with Crippen LogP contribution < -0.4 is 9.62 Å². The van der Waals surface area contributed by atoms with Gasteiger partial charge in [-0.25, -0.2) is 8.42 Å². The van der Waals surface area contributed by atoms with E-state index in [9.17, 15) is 31.2 Å². The van der Waals surface area contributed by atoms with Crippen LogP contribution >= 0.6 is 11.3 Å². The van der Waals surface area contributed by atoms with E-state index in [2.05, 4.69) is 9.71 Å². The van der Waals surface area contributed by atoms with Crippen LogP contribution in [0.15, 0.2) is 60.2 Å². The number of rotatable bonds is 9. The molecule has 3 heterocycles. The number of aromatic nitrogens is 1. The average molecular weight is 567 g/mol. The van der Waals surface area contributed by atoms with E-state index in [1.165, 1.54) is 17.3 Å². The van der Waals surface area contributed by atoms with E-state index in [1.807, 2.05) is 4.90 Å². The van der Waals surface area contributed by atoms with Crippen LogP contribution in [0.2, 0.25) is 0 Å². The predicted molar refractivity (Wildman–Crippen MR) is 138 cm³/mol. The number of Topliss-reactive ketones (excluding diaryl/α,β-unsaturated/α-hetero) is 1. The van der Waals surface area contributed by atoms with Gasteiger partial charge in [0, 0.05) is 23.7 Å². The molecule has 0 saturated carbocycles. The van der Waals surface area contributed by atoms with Gasteiger partial charge in [-0.1, -0.05) is 30.3 Å². The molecule has 1 fully saturated rings. The molecule has 1 unspecified atom stereocenters. The number of benzene rings is 1. The third kappa shape index (κ3) is 5.89. The molecule has 202 valence electrons. The summed E-state index contributed by atoms with van der Waals surface area (Å²) >= 11 is 0.836. The number of carbonyl (C=O) groups excluding carboxylic acids is 2. The van der Waals surface area contributed by atoms with Crippen LogP contribution in [0.4, 0.5) is 23.9 Å². The second kappa shape index (κ2) is 10.5. The van der Waals surface area contributed by atoms with E-state index in [-0.39, 0.29) is 35.9 Å². The van der Waals surface area contributed by atoms with E-state index < -0.39 is 39.1 Å². The van der Waals surface area contributed by atoms with Gasteiger partial charge in [0.1, 0.15) is 6.04 Å². The van der Waals surface area contributed by atoms with Crippen LogP contribution in [0.5, 0.6) is 0 Å². The summed E-state index contributed by atoms with van der Waals surface area (Å²) in [6.45, 7) is 3.61. The molecule has 0 amide bonds. The highest BCUT2D eigenvalue weighted by molar-refractivity contribution is 7.91. The number of halogens is 3. The van der Waals surface area contributed by atoms with Gasteiger partial charge in [0.25, 0.3) is 0 Å². The predicted octanol–water partition coefficient (Wildman–Crippen LogP) is 4.30. The Morgan fingerprint density at radius 3 is 2.58 bits per heavy atom. The van der Waals surface area contributed by atoms with Crippen LogP contribution in [0, 0.1) is 0 Å². The van der Waals surface area contributed by atoms with Gasteiger partial charge in [0.05, 0.1) is 34.9 Å². The number of aldehydes is 1. The van der Waals surface area contributed by atoms with Crippen molar-refractivity contribution >= 4 is 44.1 Å². The van der Waals surface area contributed by atoms with Gasteiger partial charge in [0.15, 0.2) is 6.29 Å². The van der Waals surface area contributed by atoms with Crippen molar-refractivity contribution in [3.05, 3.63) is 76.9 Å². The largest absolute Gasteiger partial charge is 0.417 e. The molecule has 1 aliphatic rings. The van der Waals surface area contributed by atoms with Crippen LogP contribution in [-0.4, -0.2) is 48.6 Å². The minimum Gasteiger partial charge on any atom is -0.338 e. The molecule has 0 spiro atoms. The molecule has 1 aliphatic heterocycles. The summed E-state index contributed by atoms with van der Waals surface area (Å²) in [5.74, 6) is -1.01. The molecule has 1 aromatic carbocycles. The number of alkyl halides is 3. The summed E-state index contributed by atoms with van der Waals surface area (Å²) in [5, 5.41) is 1.17. The van der Waals surface area contributed by atoms with Gasteiger partial charge < -0.3 is 4.90 Å². The van der Waals surface area contributed by atoms with E-state index in [4.69, 9.17) is 0 Å². The van der Waals surface area contributed by atoms with Gasteiger partial charge in [-0.15, -0.1) is 11.3 Å². The molecule has 1 atom stereocenters. The standard InChI is InChI=1S/C25H25F3N4O4S2/c1-24(2)23(21(34)13-33)32(22-10-19(14-37-22)25(26,27)28)16-31(24)12-18-8-9-29-11-20(18)30-38(35,36)15-17-6-4-3-5-7-17/h3-11,13-14,23,30H,12,15-16H2,1-2H3. The highest BCUT2D eigenvalue weighted by Gasteiger charge is 2.50. The van der Waals surface area contributed by atoms with Crippen LogP contribution in [0.1, 0.15) is 30.5 Å². The van der Waals surface area contributed by atoms with Crippen LogP contribution in [0.3, 0.4) is 0 Å². The Kier molecular flexibility index (Phi) is 7.64. The summed E-state index contributed by atoms with van der Waals surface area (Å²) in [5.41, 5.74) is -0.428. The monoisotopic (exact) mass is 566 g/mol. The zero-order valence-electron chi connectivity index (χ0n) is 20.5. The minimum absolute atomic E-state index is 0.0353. The Morgan fingerprint density at radius 1 is 1.24 bits per heavy atom. The minimum atomic E-state index is -4.54. The van der Waals surface area contributed by atoms with Gasteiger partial charge in [-0.05, 0) is 37.1 Å². The highest BCUT2D eigenvalue weighted by Crippen LogP contribution is 2.42. The topological polar surface area (TPSA) is 99.7 Å². The number of pyridine rings is 1. The van der Waals surface area contributed by atoms with Crippen molar-refractivity contribution in [2.45, 2.75) is 43.9 Å². The maximum absolute atomic E-state index is 13.2. The molecule has 2 aromatic heterocycles. The Labute approximate surface area is 222 Å². The maximum Gasteiger partial charge on any atom is 0.417 e. The lowest BCUT2D eigenvalue weighted by atomic mass is 9.91. The van der Waals surface area contributed by atoms with Gasteiger partial charge in [-0.3, -0.25) is 24.2 Å². The van der Waals surface area contributed by atoms with Crippen molar-refractivity contribution in [1.29, 1.82) is 0 Å². The normalized spacial score (nSPS) is 17.9. The Morgan fingerprint density at radius 2 is 1.95 bits per heavy atom. The van der Waals surface area contributed by atoms with Crippen molar-refractivity contribution in [1.82, 2.24) is 9.88 Å². The molecule has 1 saturated heterocycles. The number of ketones is 1. The van der Waals surface area contributed by atoms with Crippen molar-refractivity contribution in [3.8, 4) is 0 Å². The van der Waals surface area contributed by atoms with Crippen molar-refractivity contribution in [2.24, 2.45) is 0 Å². The molecule has 3 aromatic rings. The van der Waals surface area contributed by atoms with Gasteiger partial charge in [-0.2, -0.15) is 13.2 Å². The zero-order chi connectivity index (χ0) is 27.7. The highest BCUT2D eigenvalue weighted by atomic mass is 32.2. The number of thiophene rings is 1. The molecule has 4 rings (SSSR count). The second-order valence-corrected chi connectivity index (χ2v) is 12.0. The zero-order valence-corrected chi connectivity index (χ0v) is 22.1. The van der Waals surface area contributed by atoms with Crippen molar-refractivity contribution in [3.63, 3.8) is 0 Å². The first-order valence-corrected chi connectivity index (χ1v) is 14.0. The number of nitrogens with one attached hydrogen (secondary N) is 1. The lowest BCUT2D eigenvalue weighted by Crippen LogP contribution is -2.51. The number of anilines is 2. The molecule has 0 radical (unpaired) electrons. The lowest BCUT2D eigenvalue weighted by Gasteiger charge is -2.34. The number of nitrogens with zero attached hydrogens (tertiary/aromatic N) is 3. The number of hydrogen-bond donors (Lipinski definition) is 1. The molecular weight excluding hydrogens is 541 g/mol. The van der Waals surface area contributed by atoms with Gasteiger partial charge in [0.2, 0.25) is 15.8 Å². The Balaban J connectivity index is 1.62. The van der Waals surface area contributed by atoms with Gasteiger partial charge >= 0.3 is 6.18 Å². The van der Waals surface area contributed by atoms with Crippen LogP contribution in [0.25, 0.3) is 0 Å². The summed E-state index contributed by atoms with van der Waals surface area (Å²) in [7, 11) is -3.79. The molecule has 38 heavy (non-hydrogen) atoms. The van der Waals surface area contributed by atoms with Crippen molar-refractivity contribution in [2.75, 3.05) is 16.3 Å². The fourth-order valence-corrected chi connectivity index (χ4v) is 6.66. The Bertz CT molecular complexity index is 1430. The van der Waals surface area contributed by atoms with Crippen molar-refractivity contribution < 1.29 is 31.2 Å². The summed E-state index contributed by atoms with van der Waals surface area (Å²) in [6.07, 6.45) is -1.50.